The Bertz CT molecular complexity index is 434. The molecule has 1 fully saturated rings. The summed E-state index contributed by atoms with van der Waals surface area (Å²) in [7, 11) is 0. The SMILES string of the molecule is O=C(O)N[C@@H]1CC(=O)N[C@H]1c1ccc(Cl)s1. The first kappa shape index (κ1) is 11.2. The van der Waals surface area contributed by atoms with Crippen LogP contribution < -0.4 is 10.6 Å². The van der Waals surface area contributed by atoms with Crippen molar-refractivity contribution >= 4 is 34.9 Å². The average molecular weight is 261 g/mol. The molecular weight excluding hydrogens is 252 g/mol. The summed E-state index contributed by atoms with van der Waals surface area (Å²) in [6.45, 7) is 0. The van der Waals surface area contributed by atoms with Crippen LogP contribution in [0.15, 0.2) is 12.1 Å². The molecule has 0 spiro atoms. The maximum absolute atomic E-state index is 11.3. The van der Waals surface area contributed by atoms with Crippen molar-refractivity contribution in [1.82, 2.24) is 10.6 Å². The summed E-state index contributed by atoms with van der Waals surface area (Å²) >= 11 is 7.13. The Hall–Kier alpha value is -1.27. The molecule has 2 heterocycles. The monoisotopic (exact) mass is 260 g/mol. The molecule has 0 unspecified atom stereocenters. The van der Waals surface area contributed by atoms with Gasteiger partial charge in [-0.05, 0) is 12.1 Å². The standard InChI is InChI=1S/C9H9ClN2O3S/c10-6-2-1-5(16-6)8-4(11-9(14)15)3-7(13)12-8/h1-2,4,8,11H,3H2,(H,12,13)(H,14,15)/t4-,8-/m1/s1. The molecule has 3 N–H and O–H groups in total. The fourth-order valence-electron chi connectivity index (χ4n) is 1.71. The number of amides is 2. The van der Waals surface area contributed by atoms with E-state index in [9.17, 15) is 9.59 Å². The van der Waals surface area contributed by atoms with Crippen molar-refractivity contribution in [2.75, 3.05) is 0 Å². The Kier molecular flexibility index (Phi) is 3.02. The van der Waals surface area contributed by atoms with Gasteiger partial charge in [-0.3, -0.25) is 4.79 Å². The summed E-state index contributed by atoms with van der Waals surface area (Å²) in [4.78, 5) is 22.7. The van der Waals surface area contributed by atoms with Crippen LogP contribution in [0.25, 0.3) is 0 Å². The molecule has 16 heavy (non-hydrogen) atoms. The molecule has 0 aromatic carbocycles. The summed E-state index contributed by atoms with van der Waals surface area (Å²) in [5, 5.41) is 13.7. The zero-order chi connectivity index (χ0) is 11.7. The predicted molar refractivity (Wildman–Crippen MR) is 59.8 cm³/mol. The zero-order valence-electron chi connectivity index (χ0n) is 8.07. The molecule has 2 atom stereocenters. The van der Waals surface area contributed by atoms with E-state index in [-0.39, 0.29) is 18.4 Å². The minimum Gasteiger partial charge on any atom is -0.465 e. The van der Waals surface area contributed by atoms with E-state index in [1.54, 1.807) is 12.1 Å². The third-order valence-electron chi connectivity index (χ3n) is 2.33. The van der Waals surface area contributed by atoms with Gasteiger partial charge in [0.25, 0.3) is 0 Å². The molecule has 2 amide bonds. The van der Waals surface area contributed by atoms with Crippen LogP contribution in [-0.4, -0.2) is 23.1 Å². The van der Waals surface area contributed by atoms with E-state index in [0.717, 1.165) is 4.88 Å². The largest absolute Gasteiger partial charge is 0.465 e. The summed E-state index contributed by atoms with van der Waals surface area (Å²) < 4.78 is 0.616. The number of carbonyl (C=O) groups is 2. The lowest BCUT2D eigenvalue weighted by atomic mass is 10.1. The van der Waals surface area contributed by atoms with Gasteiger partial charge in [0.2, 0.25) is 5.91 Å². The van der Waals surface area contributed by atoms with Crippen LogP contribution in [0.3, 0.4) is 0 Å². The van der Waals surface area contributed by atoms with E-state index >= 15 is 0 Å². The van der Waals surface area contributed by atoms with Crippen molar-refractivity contribution in [3.05, 3.63) is 21.3 Å². The fraction of sp³-hybridized carbons (Fsp3) is 0.333. The molecular formula is C9H9ClN2O3S. The molecule has 7 heteroatoms. The molecule has 0 bridgehead atoms. The summed E-state index contributed by atoms with van der Waals surface area (Å²) in [5.74, 6) is -0.159. The number of halogens is 1. The maximum Gasteiger partial charge on any atom is 0.404 e. The van der Waals surface area contributed by atoms with Gasteiger partial charge >= 0.3 is 6.09 Å². The number of carbonyl (C=O) groups excluding carboxylic acids is 1. The number of nitrogens with one attached hydrogen (secondary N) is 2. The predicted octanol–water partition coefficient (Wildman–Crippen LogP) is 1.60. The first-order valence-corrected chi connectivity index (χ1v) is 5.80. The molecule has 5 nitrogen and oxygen atoms in total. The van der Waals surface area contributed by atoms with Crippen molar-refractivity contribution in [2.45, 2.75) is 18.5 Å². The second-order valence-electron chi connectivity index (χ2n) is 3.45. The lowest BCUT2D eigenvalue weighted by Gasteiger charge is -2.16. The molecule has 1 aliphatic heterocycles. The van der Waals surface area contributed by atoms with Gasteiger partial charge < -0.3 is 15.7 Å². The number of carboxylic acid groups (broad SMARTS) is 1. The van der Waals surface area contributed by atoms with Crippen LogP contribution in [0.2, 0.25) is 4.34 Å². The highest BCUT2D eigenvalue weighted by molar-refractivity contribution is 7.16. The molecule has 1 aromatic heterocycles. The second-order valence-corrected chi connectivity index (χ2v) is 5.19. The average Bonchev–Trinajstić information content (AvgIpc) is 2.72. The van der Waals surface area contributed by atoms with Crippen LogP contribution in [-0.2, 0) is 4.79 Å². The lowest BCUT2D eigenvalue weighted by Crippen LogP contribution is -2.37. The van der Waals surface area contributed by atoms with Gasteiger partial charge in [-0.15, -0.1) is 11.3 Å². The number of thiophene rings is 1. The Morgan fingerprint density at radius 3 is 2.94 bits per heavy atom. The highest BCUT2D eigenvalue weighted by atomic mass is 35.5. The maximum atomic E-state index is 11.3. The lowest BCUT2D eigenvalue weighted by molar-refractivity contribution is -0.119. The van der Waals surface area contributed by atoms with Gasteiger partial charge in [0.05, 0.1) is 16.4 Å². The summed E-state index contributed by atoms with van der Waals surface area (Å²) in [6, 6.07) is 2.77. The number of hydrogen-bond donors (Lipinski definition) is 3. The molecule has 2 rings (SSSR count). The van der Waals surface area contributed by atoms with Crippen molar-refractivity contribution in [3.63, 3.8) is 0 Å². The molecule has 1 aromatic rings. The van der Waals surface area contributed by atoms with Crippen molar-refractivity contribution < 1.29 is 14.7 Å². The Labute approximate surface area is 100 Å². The van der Waals surface area contributed by atoms with Gasteiger partial charge in [0, 0.05) is 11.3 Å². The summed E-state index contributed by atoms with van der Waals surface area (Å²) in [5.41, 5.74) is 0. The smallest absolute Gasteiger partial charge is 0.404 e. The topological polar surface area (TPSA) is 78.4 Å². The second kappa shape index (κ2) is 4.31. The van der Waals surface area contributed by atoms with Gasteiger partial charge in [-0.2, -0.15) is 0 Å². The van der Waals surface area contributed by atoms with E-state index in [1.807, 2.05) is 0 Å². The molecule has 86 valence electrons. The van der Waals surface area contributed by atoms with E-state index in [4.69, 9.17) is 16.7 Å². The van der Waals surface area contributed by atoms with Gasteiger partial charge in [-0.1, -0.05) is 11.6 Å². The first-order valence-electron chi connectivity index (χ1n) is 4.60. The number of rotatable bonds is 2. The highest BCUT2D eigenvalue weighted by Crippen LogP contribution is 2.32. The third kappa shape index (κ3) is 2.28. The van der Waals surface area contributed by atoms with Crippen molar-refractivity contribution in [3.8, 4) is 0 Å². The van der Waals surface area contributed by atoms with Crippen molar-refractivity contribution in [2.24, 2.45) is 0 Å². The van der Waals surface area contributed by atoms with Crippen LogP contribution in [0.5, 0.6) is 0 Å². The summed E-state index contributed by atoms with van der Waals surface area (Å²) in [6.07, 6.45) is -0.971. The van der Waals surface area contributed by atoms with E-state index < -0.39 is 12.1 Å². The molecule has 0 saturated carbocycles. The normalized spacial score (nSPS) is 24.2. The van der Waals surface area contributed by atoms with Crippen molar-refractivity contribution in [1.29, 1.82) is 0 Å². The van der Waals surface area contributed by atoms with Crippen LogP contribution >= 0.6 is 22.9 Å². The third-order valence-corrected chi connectivity index (χ3v) is 3.65. The molecule has 1 saturated heterocycles. The molecule has 0 aliphatic carbocycles. The minimum absolute atomic E-state index is 0.159. The van der Waals surface area contributed by atoms with Crippen LogP contribution in [0.1, 0.15) is 17.3 Å². The highest BCUT2D eigenvalue weighted by Gasteiger charge is 2.35. The van der Waals surface area contributed by atoms with Crippen LogP contribution in [0.4, 0.5) is 4.79 Å². The fourth-order valence-corrected chi connectivity index (χ4v) is 2.89. The number of hydrogen-bond acceptors (Lipinski definition) is 3. The molecule has 1 aliphatic rings. The van der Waals surface area contributed by atoms with Crippen LogP contribution in [0, 0.1) is 0 Å². The van der Waals surface area contributed by atoms with Gasteiger partial charge in [-0.25, -0.2) is 4.79 Å². The Morgan fingerprint density at radius 2 is 2.38 bits per heavy atom. The van der Waals surface area contributed by atoms with Gasteiger partial charge in [0.1, 0.15) is 0 Å². The molecule has 0 radical (unpaired) electrons. The van der Waals surface area contributed by atoms with E-state index in [2.05, 4.69) is 10.6 Å². The minimum atomic E-state index is -1.13. The zero-order valence-corrected chi connectivity index (χ0v) is 9.64. The van der Waals surface area contributed by atoms with E-state index in [0.29, 0.717) is 4.34 Å². The Balaban J connectivity index is 2.18. The Morgan fingerprint density at radius 1 is 1.62 bits per heavy atom. The van der Waals surface area contributed by atoms with Gasteiger partial charge in [0.15, 0.2) is 0 Å². The first-order chi connectivity index (χ1) is 7.56. The van der Waals surface area contributed by atoms with E-state index in [1.165, 1.54) is 11.3 Å². The quantitative estimate of drug-likeness (QED) is 0.756.